The highest BCUT2D eigenvalue weighted by Crippen LogP contribution is 2.33. The van der Waals surface area contributed by atoms with E-state index in [9.17, 15) is 19.8 Å². The SMILES string of the molecule is CC1(C)COC([C@H](O)/C=C/[C@H]2[C@H](O)CC(=O)[C@@H]2C/C=C\CCCC(=O)O)OC1. The van der Waals surface area contributed by atoms with E-state index in [1.165, 1.54) is 0 Å². The standard InChI is InChI=1S/C21H32O7/c1-21(2)12-27-20(28-13-21)16(22)10-9-15-14(17(23)11-18(15)24)7-5-3-4-6-8-19(25)26/h3,5,9-10,14-16,18,20,22,24H,4,6-8,11-13H2,1-2H3,(H,25,26)/b5-3-,10-9+/t14-,15-,16-,18-/m1/s1. The molecule has 0 radical (unpaired) electrons. The molecule has 1 aliphatic heterocycles. The molecule has 1 saturated heterocycles. The number of aliphatic hydroxyl groups excluding tert-OH is 2. The van der Waals surface area contributed by atoms with E-state index in [4.69, 9.17) is 14.6 Å². The second-order valence-corrected chi connectivity index (χ2v) is 8.44. The number of aliphatic hydroxyl groups is 2. The van der Waals surface area contributed by atoms with Crippen LogP contribution < -0.4 is 0 Å². The maximum absolute atomic E-state index is 12.2. The fraction of sp³-hybridized carbons (Fsp3) is 0.714. The monoisotopic (exact) mass is 396 g/mol. The zero-order valence-electron chi connectivity index (χ0n) is 16.6. The summed E-state index contributed by atoms with van der Waals surface area (Å²) in [5, 5.41) is 29.1. The molecule has 0 aromatic heterocycles. The predicted octanol–water partition coefficient (Wildman–Crippen LogP) is 2.07. The number of carboxylic acid groups (broad SMARTS) is 1. The summed E-state index contributed by atoms with van der Waals surface area (Å²) in [6, 6.07) is 0. The minimum atomic E-state index is -0.966. The molecule has 1 saturated carbocycles. The van der Waals surface area contributed by atoms with E-state index in [2.05, 4.69) is 0 Å². The number of carbonyl (C=O) groups excluding carboxylic acids is 1. The minimum absolute atomic E-state index is 0.00117. The number of rotatable bonds is 9. The Morgan fingerprint density at radius 3 is 2.61 bits per heavy atom. The molecule has 0 bridgehead atoms. The third kappa shape index (κ3) is 6.81. The molecule has 2 aliphatic rings. The average Bonchev–Trinajstić information content (AvgIpc) is 2.88. The second-order valence-electron chi connectivity index (χ2n) is 8.44. The number of allylic oxidation sites excluding steroid dienone is 2. The van der Waals surface area contributed by atoms with Gasteiger partial charge in [-0.15, -0.1) is 0 Å². The molecule has 0 aromatic carbocycles. The molecule has 1 aliphatic carbocycles. The van der Waals surface area contributed by atoms with Crippen molar-refractivity contribution in [3.63, 3.8) is 0 Å². The van der Waals surface area contributed by atoms with Crippen molar-refractivity contribution in [3.05, 3.63) is 24.3 Å². The average molecular weight is 396 g/mol. The van der Waals surface area contributed by atoms with Gasteiger partial charge in [0.1, 0.15) is 11.9 Å². The van der Waals surface area contributed by atoms with Gasteiger partial charge in [-0.3, -0.25) is 9.59 Å². The molecule has 28 heavy (non-hydrogen) atoms. The van der Waals surface area contributed by atoms with Gasteiger partial charge < -0.3 is 24.8 Å². The van der Waals surface area contributed by atoms with E-state index >= 15 is 0 Å². The summed E-state index contributed by atoms with van der Waals surface area (Å²) >= 11 is 0. The van der Waals surface area contributed by atoms with Crippen LogP contribution in [0.3, 0.4) is 0 Å². The summed E-state index contributed by atoms with van der Waals surface area (Å²) in [5.41, 5.74) is -0.0874. The Balaban J connectivity index is 1.86. The molecule has 2 fully saturated rings. The van der Waals surface area contributed by atoms with Gasteiger partial charge in [-0.05, 0) is 19.3 Å². The van der Waals surface area contributed by atoms with Gasteiger partial charge in [-0.2, -0.15) is 0 Å². The van der Waals surface area contributed by atoms with E-state index in [-0.39, 0.29) is 35.9 Å². The molecular weight excluding hydrogens is 364 g/mol. The number of hydrogen-bond donors (Lipinski definition) is 3. The molecule has 158 valence electrons. The van der Waals surface area contributed by atoms with Crippen LogP contribution in [0.1, 0.15) is 46.0 Å². The lowest BCUT2D eigenvalue weighted by atomic mass is 9.90. The molecule has 1 heterocycles. The molecule has 0 spiro atoms. The van der Waals surface area contributed by atoms with Crippen molar-refractivity contribution in [1.29, 1.82) is 0 Å². The highest BCUT2D eigenvalue weighted by atomic mass is 16.7. The zero-order chi connectivity index (χ0) is 20.7. The minimum Gasteiger partial charge on any atom is -0.481 e. The van der Waals surface area contributed by atoms with Gasteiger partial charge in [0.05, 0.1) is 19.3 Å². The summed E-state index contributed by atoms with van der Waals surface area (Å²) in [6.45, 7) is 5.02. The Bertz CT molecular complexity index is 586. The van der Waals surface area contributed by atoms with Crippen molar-refractivity contribution < 1.29 is 34.4 Å². The van der Waals surface area contributed by atoms with E-state index in [0.717, 1.165) is 0 Å². The van der Waals surface area contributed by atoms with Gasteiger partial charge in [0, 0.05) is 30.1 Å². The van der Waals surface area contributed by atoms with Gasteiger partial charge in [-0.25, -0.2) is 0 Å². The number of carbonyl (C=O) groups is 2. The molecule has 0 aromatic rings. The van der Waals surface area contributed by atoms with Crippen LogP contribution >= 0.6 is 0 Å². The van der Waals surface area contributed by atoms with Crippen molar-refractivity contribution in [1.82, 2.24) is 0 Å². The van der Waals surface area contributed by atoms with Gasteiger partial charge in [0.25, 0.3) is 0 Å². The number of carboxylic acids is 1. The third-order valence-corrected chi connectivity index (χ3v) is 5.14. The highest BCUT2D eigenvalue weighted by molar-refractivity contribution is 5.84. The van der Waals surface area contributed by atoms with E-state index in [1.54, 1.807) is 12.2 Å². The molecule has 7 nitrogen and oxygen atoms in total. The predicted molar refractivity (Wildman–Crippen MR) is 102 cm³/mol. The molecule has 0 amide bonds. The quantitative estimate of drug-likeness (QED) is 0.404. The van der Waals surface area contributed by atoms with Gasteiger partial charge in [-0.1, -0.05) is 38.2 Å². The third-order valence-electron chi connectivity index (χ3n) is 5.14. The molecule has 3 N–H and O–H groups in total. The molecule has 4 atom stereocenters. The highest BCUT2D eigenvalue weighted by Gasteiger charge is 2.39. The number of ketones is 1. The van der Waals surface area contributed by atoms with E-state index in [1.807, 2.05) is 26.0 Å². The van der Waals surface area contributed by atoms with Gasteiger partial charge in [0.2, 0.25) is 0 Å². The number of unbranched alkanes of at least 4 members (excludes halogenated alkanes) is 1. The first-order valence-electron chi connectivity index (χ1n) is 9.87. The van der Waals surface area contributed by atoms with Gasteiger partial charge >= 0.3 is 5.97 Å². The largest absolute Gasteiger partial charge is 0.481 e. The molecule has 7 heteroatoms. The first-order valence-corrected chi connectivity index (χ1v) is 9.87. The lowest BCUT2D eigenvalue weighted by Crippen LogP contribution is -2.43. The zero-order valence-corrected chi connectivity index (χ0v) is 16.6. The Labute approximate surface area is 166 Å². The second kappa shape index (κ2) is 10.3. The fourth-order valence-corrected chi connectivity index (χ4v) is 3.49. The van der Waals surface area contributed by atoms with E-state index in [0.29, 0.717) is 32.5 Å². The lowest BCUT2D eigenvalue weighted by Gasteiger charge is -2.35. The summed E-state index contributed by atoms with van der Waals surface area (Å²) in [6.07, 6.45) is 6.41. The fourth-order valence-electron chi connectivity index (χ4n) is 3.49. The van der Waals surface area contributed by atoms with Crippen molar-refractivity contribution in [3.8, 4) is 0 Å². The van der Waals surface area contributed by atoms with Crippen LogP contribution in [-0.4, -0.2) is 58.8 Å². The summed E-state index contributed by atoms with van der Waals surface area (Å²) in [7, 11) is 0. The van der Waals surface area contributed by atoms with Crippen LogP contribution in [0.5, 0.6) is 0 Å². The van der Waals surface area contributed by atoms with Crippen LogP contribution in [0.15, 0.2) is 24.3 Å². The van der Waals surface area contributed by atoms with E-state index < -0.39 is 24.5 Å². The smallest absolute Gasteiger partial charge is 0.303 e. The first kappa shape index (κ1) is 22.7. The molecular formula is C21H32O7. The normalized spacial score (nSPS) is 29.7. The topological polar surface area (TPSA) is 113 Å². The van der Waals surface area contributed by atoms with Crippen LogP contribution in [-0.2, 0) is 19.1 Å². The van der Waals surface area contributed by atoms with Crippen LogP contribution in [0.4, 0.5) is 0 Å². The number of Topliss-reactive ketones (excluding diaryl/α,β-unsaturated/α-hetero) is 1. The van der Waals surface area contributed by atoms with Crippen molar-refractivity contribution in [2.45, 2.75) is 64.4 Å². The molecule has 2 rings (SSSR count). The maximum atomic E-state index is 12.2. The van der Waals surface area contributed by atoms with Crippen LogP contribution in [0.25, 0.3) is 0 Å². The number of ether oxygens (including phenoxy) is 2. The Hall–Kier alpha value is -1.54. The Morgan fingerprint density at radius 1 is 1.29 bits per heavy atom. The van der Waals surface area contributed by atoms with Crippen molar-refractivity contribution >= 4 is 11.8 Å². The summed E-state index contributed by atoms with van der Waals surface area (Å²) in [5.74, 6) is -1.54. The van der Waals surface area contributed by atoms with Crippen molar-refractivity contribution in [2.24, 2.45) is 17.3 Å². The molecule has 0 unspecified atom stereocenters. The van der Waals surface area contributed by atoms with Crippen molar-refractivity contribution in [2.75, 3.05) is 13.2 Å². The Kier molecular flexibility index (Phi) is 8.37. The van der Waals surface area contributed by atoms with Gasteiger partial charge in [0.15, 0.2) is 6.29 Å². The summed E-state index contributed by atoms with van der Waals surface area (Å²) in [4.78, 5) is 22.7. The maximum Gasteiger partial charge on any atom is 0.303 e. The number of aliphatic carboxylic acids is 1. The number of hydrogen-bond acceptors (Lipinski definition) is 6. The van der Waals surface area contributed by atoms with Crippen LogP contribution in [0.2, 0.25) is 0 Å². The summed E-state index contributed by atoms with van der Waals surface area (Å²) < 4.78 is 11.1. The lowest BCUT2D eigenvalue weighted by molar-refractivity contribution is -0.248. The Morgan fingerprint density at radius 2 is 1.96 bits per heavy atom. The first-order chi connectivity index (χ1) is 13.2. The van der Waals surface area contributed by atoms with Crippen LogP contribution in [0, 0.1) is 17.3 Å².